The predicted octanol–water partition coefficient (Wildman–Crippen LogP) is 5.40. The van der Waals surface area contributed by atoms with Crippen molar-refractivity contribution in [1.29, 1.82) is 0 Å². The van der Waals surface area contributed by atoms with E-state index >= 15 is 0 Å². The smallest absolute Gasteiger partial charge is 0.321 e. The minimum absolute atomic E-state index is 0.0510. The number of fused-ring (bicyclic) bond motifs is 1. The van der Waals surface area contributed by atoms with E-state index in [-0.39, 0.29) is 16.1 Å². The van der Waals surface area contributed by atoms with Crippen molar-refractivity contribution in [1.82, 2.24) is 0 Å². The molecule has 0 atom stereocenters. The fourth-order valence-corrected chi connectivity index (χ4v) is 4.47. The van der Waals surface area contributed by atoms with Crippen LogP contribution >= 0.6 is 7.60 Å². The summed E-state index contributed by atoms with van der Waals surface area (Å²) in [5.74, 6) is 0. The molecule has 144 valence electrons. The van der Waals surface area contributed by atoms with Crippen LogP contribution in [0.4, 0.5) is 0 Å². The Hall–Kier alpha value is -1.67. The number of rotatable bonds is 3. The molecule has 2 N–H and O–H groups in total. The first-order chi connectivity index (χ1) is 12.4. The maximum absolute atomic E-state index is 11.3. The molecule has 27 heavy (non-hydrogen) atoms. The van der Waals surface area contributed by atoms with E-state index in [4.69, 9.17) is 0 Å². The lowest BCUT2D eigenvalue weighted by molar-refractivity contribution is 0.332. The second-order valence-electron chi connectivity index (χ2n) is 8.99. The van der Waals surface area contributed by atoms with E-state index in [1.54, 1.807) is 12.1 Å². The summed E-state index contributed by atoms with van der Waals surface area (Å²) in [6.07, 6.45) is 4.45. The van der Waals surface area contributed by atoms with Gasteiger partial charge in [-0.25, -0.2) is 0 Å². The largest absolute Gasteiger partial charge is 0.356 e. The molecule has 1 aliphatic rings. The molecule has 0 aromatic heterocycles. The van der Waals surface area contributed by atoms with Gasteiger partial charge in [-0.05, 0) is 70.6 Å². The molecule has 0 amide bonds. The lowest BCUT2D eigenvalue weighted by Crippen LogP contribution is -2.33. The van der Waals surface area contributed by atoms with Crippen molar-refractivity contribution in [2.45, 2.75) is 58.3 Å². The highest BCUT2D eigenvalue weighted by atomic mass is 31.2. The zero-order valence-corrected chi connectivity index (χ0v) is 17.7. The highest BCUT2D eigenvalue weighted by Crippen LogP contribution is 2.46. The molecule has 0 spiro atoms. The molecule has 0 radical (unpaired) electrons. The van der Waals surface area contributed by atoms with Gasteiger partial charge in [-0.1, -0.05) is 64.1 Å². The van der Waals surface area contributed by atoms with Gasteiger partial charge >= 0.3 is 7.60 Å². The molecule has 3 rings (SSSR count). The van der Waals surface area contributed by atoms with Crippen molar-refractivity contribution in [2.24, 2.45) is 0 Å². The van der Waals surface area contributed by atoms with Crippen LogP contribution in [0, 0.1) is 0 Å². The topological polar surface area (TPSA) is 57.5 Å². The summed E-state index contributed by atoms with van der Waals surface area (Å²) in [6.45, 7) is 11.4. The number of benzene rings is 2. The van der Waals surface area contributed by atoms with Crippen LogP contribution in [0.1, 0.15) is 69.7 Å². The van der Waals surface area contributed by atoms with Gasteiger partial charge in [-0.15, -0.1) is 0 Å². The summed E-state index contributed by atoms with van der Waals surface area (Å²) in [5.41, 5.74) is 6.52. The average Bonchev–Trinajstić information content (AvgIpc) is 2.58. The zero-order valence-electron chi connectivity index (χ0n) is 16.8. The summed E-state index contributed by atoms with van der Waals surface area (Å²) < 4.78 is 11.3. The summed E-state index contributed by atoms with van der Waals surface area (Å²) in [6, 6.07) is 13.3. The Bertz CT molecular complexity index is 931. The molecular weight excluding hydrogens is 355 g/mol. The molecule has 0 aliphatic heterocycles. The monoisotopic (exact) mass is 384 g/mol. The van der Waals surface area contributed by atoms with Gasteiger partial charge in [-0.2, -0.15) is 0 Å². The maximum Gasteiger partial charge on any atom is 0.356 e. The van der Waals surface area contributed by atoms with Gasteiger partial charge in [0.25, 0.3) is 0 Å². The second kappa shape index (κ2) is 6.74. The van der Waals surface area contributed by atoms with Gasteiger partial charge in [0.05, 0.1) is 5.30 Å². The molecule has 2 aromatic carbocycles. The van der Waals surface area contributed by atoms with Gasteiger partial charge in [-0.3, -0.25) is 4.57 Å². The highest BCUT2D eigenvalue weighted by Gasteiger charge is 2.36. The number of hydrogen-bond donors (Lipinski definition) is 2. The Kier molecular flexibility index (Phi) is 5.01. The van der Waals surface area contributed by atoms with Crippen molar-refractivity contribution < 1.29 is 14.4 Å². The first-order valence-electron chi connectivity index (χ1n) is 9.40. The number of hydrogen-bond acceptors (Lipinski definition) is 1. The minimum atomic E-state index is -4.19. The van der Waals surface area contributed by atoms with Crippen molar-refractivity contribution >= 4 is 24.5 Å². The summed E-state index contributed by atoms with van der Waals surface area (Å²) in [4.78, 5) is 18.5. The third-order valence-electron chi connectivity index (χ3n) is 5.92. The Labute approximate surface area is 162 Å². The van der Waals surface area contributed by atoms with Crippen molar-refractivity contribution in [3.05, 3.63) is 64.7 Å². The second-order valence-corrected chi connectivity index (χ2v) is 10.6. The van der Waals surface area contributed by atoms with Gasteiger partial charge in [0, 0.05) is 0 Å². The van der Waals surface area contributed by atoms with Crippen molar-refractivity contribution in [3.63, 3.8) is 0 Å². The Morgan fingerprint density at radius 2 is 1.48 bits per heavy atom. The molecule has 0 saturated carbocycles. The minimum Gasteiger partial charge on any atom is -0.321 e. The molecular formula is C23H29O3P. The third-order valence-corrected chi connectivity index (χ3v) is 6.89. The molecule has 0 unspecified atom stereocenters. The van der Waals surface area contributed by atoms with Crippen molar-refractivity contribution in [2.75, 3.05) is 0 Å². The van der Waals surface area contributed by atoms with Gasteiger partial charge in [0.2, 0.25) is 0 Å². The standard InChI is InChI=1S/C23H29O3P/c1-16(14-17-6-9-19(10-7-17)27(24,25)26)18-8-11-20-21(15-18)23(4,5)13-12-22(20,2)3/h6-11,14-15H,12-13H2,1-5H3,(H2,24,25,26). The van der Waals surface area contributed by atoms with E-state index in [1.807, 2.05) is 0 Å². The third kappa shape index (κ3) is 4.11. The van der Waals surface area contributed by atoms with E-state index in [0.29, 0.717) is 0 Å². The van der Waals surface area contributed by atoms with E-state index < -0.39 is 7.60 Å². The fraction of sp³-hybridized carbons (Fsp3) is 0.391. The van der Waals surface area contributed by atoms with E-state index in [0.717, 1.165) is 11.1 Å². The first-order valence-corrected chi connectivity index (χ1v) is 11.0. The number of allylic oxidation sites excluding steroid dienone is 1. The van der Waals surface area contributed by atoms with Gasteiger partial charge < -0.3 is 9.79 Å². The van der Waals surface area contributed by atoms with Gasteiger partial charge in [0.15, 0.2) is 0 Å². The molecule has 2 aromatic rings. The highest BCUT2D eigenvalue weighted by molar-refractivity contribution is 7.60. The Morgan fingerprint density at radius 1 is 0.926 bits per heavy atom. The normalized spacial score (nSPS) is 18.9. The molecule has 0 bridgehead atoms. The average molecular weight is 384 g/mol. The lowest BCUT2D eigenvalue weighted by Gasteiger charge is -2.42. The van der Waals surface area contributed by atoms with Crippen LogP contribution in [-0.4, -0.2) is 9.79 Å². The van der Waals surface area contributed by atoms with E-state index in [1.165, 1.54) is 41.7 Å². The van der Waals surface area contributed by atoms with Crippen LogP contribution in [0.3, 0.4) is 0 Å². The Morgan fingerprint density at radius 3 is 2.04 bits per heavy atom. The lowest BCUT2D eigenvalue weighted by atomic mass is 9.63. The molecule has 0 fully saturated rings. The maximum atomic E-state index is 11.3. The molecule has 4 heteroatoms. The molecule has 0 heterocycles. The SMILES string of the molecule is CC(=Cc1ccc(P(=O)(O)O)cc1)c1ccc2c(c1)C(C)(C)CCC2(C)C. The van der Waals surface area contributed by atoms with E-state index in [9.17, 15) is 14.4 Å². The summed E-state index contributed by atoms with van der Waals surface area (Å²) in [5, 5.41) is 0.0510. The van der Waals surface area contributed by atoms with Crippen LogP contribution in [-0.2, 0) is 15.4 Å². The van der Waals surface area contributed by atoms with Gasteiger partial charge in [0.1, 0.15) is 0 Å². The molecule has 1 aliphatic carbocycles. The zero-order chi connectivity index (χ0) is 20.0. The molecule has 3 nitrogen and oxygen atoms in total. The van der Waals surface area contributed by atoms with Crippen LogP contribution < -0.4 is 5.30 Å². The Balaban J connectivity index is 1.97. The van der Waals surface area contributed by atoms with Crippen molar-refractivity contribution in [3.8, 4) is 0 Å². The molecule has 0 saturated heterocycles. The summed E-state index contributed by atoms with van der Waals surface area (Å²) >= 11 is 0. The quantitative estimate of drug-likeness (QED) is 0.550. The van der Waals surface area contributed by atoms with E-state index in [2.05, 4.69) is 58.9 Å². The fourth-order valence-electron chi connectivity index (χ4n) is 3.93. The summed E-state index contributed by atoms with van der Waals surface area (Å²) in [7, 11) is -4.19. The van der Waals surface area contributed by atoms with Crippen LogP contribution in [0.5, 0.6) is 0 Å². The first kappa shape index (κ1) is 20.1. The van der Waals surface area contributed by atoms with Crippen LogP contribution in [0.25, 0.3) is 11.6 Å². The van der Waals surface area contributed by atoms with Crippen LogP contribution in [0.15, 0.2) is 42.5 Å². The van der Waals surface area contributed by atoms with Crippen LogP contribution in [0.2, 0.25) is 0 Å². The predicted molar refractivity (Wildman–Crippen MR) is 113 cm³/mol.